The molecular weight excluding hydrogens is 378 g/mol. The van der Waals surface area contributed by atoms with Crippen LogP contribution in [0.1, 0.15) is 38.0 Å². The van der Waals surface area contributed by atoms with Gasteiger partial charge in [0.2, 0.25) is 10.0 Å². The first-order valence-electron chi connectivity index (χ1n) is 9.53. The Hall–Kier alpha value is -1.70. The summed E-state index contributed by atoms with van der Waals surface area (Å²) in [6.45, 7) is 6.47. The summed E-state index contributed by atoms with van der Waals surface area (Å²) >= 11 is 1.61. The van der Waals surface area contributed by atoms with E-state index in [2.05, 4.69) is 9.89 Å². The van der Waals surface area contributed by atoms with Crippen molar-refractivity contribution in [3.8, 4) is 0 Å². The predicted molar refractivity (Wildman–Crippen MR) is 114 cm³/mol. The molecule has 1 aromatic carbocycles. The highest BCUT2D eigenvalue weighted by Crippen LogP contribution is 2.33. The summed E-state index contributed by atoms with van der Waals surface area (Å²) in [4.78, 5) is 8.12. The average molecular weight is 406 g/mol. The van der Waals surface area contributed by atoms with Crippen molar-refractivity contribution in [1.29, 1.82) is 0 Å². The van der Waals surface area contributed by atoms with Gasteiger partial charge in [-0.15, -0.1) is 11.3 Å². The van der Waals surface area contributed by atoms with Gasteiger partial charge >= 0.3 is 0 Å². The van der Waals surface area contributed by atoms with E-state index in [1.807, 2.05) is 43.5 Å². The topological polar surface area (TPSA) is 53.0 Å². The molecule has 1 aromatic heterocycles. The number of rotatable bonds is 7. The van der Waals surface area contributed by atoms with Gasteiger partial charge in [0.25, 0.3) is 0 Å². The molecule has 146 valence electrons. The summed E-state index contributed by atoms with van der Waals surface area (Å²) in [5.41, 5.74) is 1.46. The third-order valence-corrected chi connectivity index (χ3v) is 7.73. The van der Waals surface area contributed by atoms with Crippen LogP contribution in [0.3, 0.4) is 0 Å². The first-order valence-corrected chi connectivity index (χ1v) is 11.8. The summed E-state index contributed by atoms with van der Waals surface area (Å²) in [6.07, 6.45) is 5.19. The molecule has 2 heterocycles. The number of sulfonamides is 1. The molecule has 0 atom stereocenters. The molecule has 1 aliphatic rings. The monoisotopic (exact) mass is 405 g/mol. The van der Waals surface area contributed by atoms with Crippen LogP contribution in [0, 0.1) is 0 Å². The minimum atomic E-state index is -3.56. The van der Waals surface area contributed by atoms with Crippen molar-refractivity contribution in [2.24, 2.45) is 4.99 Å². The largest absolute Gasteiger partial charge is 0.370 e. The summed E-state index contributed by atoms with van der Waals surface area (Å²) in [7, 11) is -3.56. The van der Waals surface area contributed by atoms with Crippen molar-refractivity contribution in [2.75, 3.05) is 31.1 Å². The summed E-state index contributed by atoms with van der Waals surface area (Å²) in [5.74, 6) is 0. The fourth-order valence-corrected chi connectivity index (χ4v) is 5.67. The van der Waals surface area contributed by atoms with Crippen LogP contribution in [0.15, 0.2) is 45.6 Å². The number of benzene rings is 1. The number of hydrogen-bond donors (Lipinski definition) is 0. The van der Waals surface area contributed by atoms with Gasteiger partial charge in [0.05, 0.1) is 11.4 Å². The standard InChI is InChI=1S/C20H27N3O2S2/c1-3-23(4-2)27(24,25)20-15-17(21-16-18-9-8-14-26-18)10-11-19(20)22-12-6-5-7-13-22/h8-11,14-16H,3-7,12-13H2,1-2H3. The number of nitrogens with zero attached hydrogens (tertiary/aromatic N) is 3. The van der Waals surface area contributed by atoms with Gasteiger partial charge in [0.1, 0.15) is 4.90 Å². The zero-order chi connectivity index (χ0) is 19.3. The number of piperidine rings is 1. The van der Waals surface area contributed by atoms with Gasteiger partial charge in [-0.3, -0.25) is 4.99 Å². The number of hydrogen-bond acceptors (Lipinski definition) is 5. The molecule has 2 aromatic rings. The lowest BCUT2D eigenvalue weighted by atomic mass is 10.1. The Balaban J connectivity index is 2.03. The number of anilines is 1. The van der Waals surface area contributed by atoms with E-state index in [4.69, 9.17) is 0 Å². The SMILES string of the molecule is CCN(CC)S(=O)(=O)c1cc(N=Cc2cccs2)ccc1N1CCCCC1. The van der Waals surface area contributed by atoms with E-state index in [1.165, 1.54) is 10.7 Å². The van der Waals surface area contributed by atoms with E-state index in [-0.39, 0.29) is 0 Å². The fourth-order valence-electron chi connectivity index (χ4n) is 3.39. The molecule has 5 nitrogen and oxygen atoms in total. The maximum Gasteiger partial charge on any atom is 0.245 e. The first kappa shape index (κ1) is 20.0. The van der Waals surface area contributed by atoms with Gasteiger partial charge in [0, 0.05) is 37.3 Å². The van der Waals surface area contributed by atoms with Crippen molar-refractivity contribution < 1.29 is 8.42 Å². The highest BCUT2D eigenvalue weighted by molar-refractivity contribution is 7.89. The minimum absolute atomic E-state index is 0.369. The van der Waals surface area contributed by atoms with Gasteiger partial charge in [-0.25, -0.2) is 8.42 Å². The predicted octanol–water partition coefficient (Wildman–Crippen LogP) is 4.52. The highest BCUT2D eigenvalue weighted by Gasteiger charge is 2.27. The van der Waals surface area contributed by atoms with E-state index >= 15 is 0 Å². The van der Waals surface area contributed by atoms with Crippen LogP contribution in [0.4, 0.5) is 11.4 Å². The molecule has 3 rings (SSSR count). The molecule has 0 bridgehead atoms. The molecule has 1 saturated heterocycles. The third-order valence-electron chi connectivity index (χ3n) is 4.85. The maximum atomic E-state index is 13.3. The Kier molecular flexibility index (Phi) is 6.68. The van der Waals surface area contributed by atoms with Crippen LogP contribution in [0.25, 0.3) is 0 Å². The van der Waals surface area contributed by atoms with Crippen LogP contribution in [-0.2, 0) is 10.0 Å². The second-order valence-electron chi connectivity index (χ2n) is 6.56. The highest BCUT2D eigenvalue weighted by atomic mass is 32.2. The van der Waals surface area contributed by atoms with E-state index < -0.39 is 10.0 Å². The summed E-state index contributed by atoms with van der Waals surface area (Å²) in [5, 5.41) is 2.00. The van der Waals surface area contributed by atoms with Crippen LogP contribution in [0.5, 0.6) is 0 Å². The van der Waals surface area contributed by atoms with Gasteiger partial charge in [-0.05, 0) is 48.9 Å². The molecule has 0 unspecified atom stereocenters. The second kappa shape index (κ2) is 8.99. The Morgan fingerprint density at radius 2 is 1.89 bits per heavy atom. The van der Waals surface area contributed by atoms with E-state index in [0.717, 1.165) is 36.5 Å². The maximum absolute atomic E-state index is 13.3. The van der Waals surface area contributed by atoms with Crippen LogP contribution < -0.4 is 4.90 Å². The Bertz CT molecular complexity index is 867. The van der Waals surface area contributed by atoms with Crippen molar-refractivity contribution in [3.05, 3.63) is 40.6 Å². The lowest BCUT2D eigenvalue weighted by molar-refractivity contribution is 0.445. The fraction of sp³-hybridized carbons (Fsp3) is 0.450. The molecule has 0 spiro atoms. The zero-order valence-electron chi connectivity index (χ0n) is 16.0. The van der Waals surface area contributed by atoms with Crippen molar-refractivity contribution in [3.63, 3.8) is 0 Å². The van der Waals surface area contributed by atoms with Gasteiger partial charge in [-0.2, -0.15) is 4.31 Å². The molecule has 7 heteroatoms. The van der Waals surface area contributed by atoms with E-state index in [1.54, 1.807) is 23.6 Å². The lowest BCUT2D eigenvalue weighted by Gasteiger charge is -2.31. The Morgan fingerprint density at radius 3 is 2.52 bits per heavy atom. The summed E-state index contributed by atoms with van der Waals surface area (Å²) < 4.78 is 28.1. The van der Waals surface area contributed by atoms with E-state index in [0.29, 0.717) is 23.7 Å². The van der Waals surface area contributed by atoms with Crippen molar-refractivity contribution in [2.45, 2.75) is 38.0 Å². The van der Waals surface area contributed by atoms with Crippen LogP contribution in [0.2, 0.25) is 0 Å². The molecule has 27 heavy (non-hydrogen) atoms. The van der Waals surface area contributed by atoms with Crippen LogP contribution >= 0.6 is 11.3 Å². The lowest BCUT2D eigenvalue weighted by Crippen LogP contribution is -2.34. The van der Waals surface area contributed by atoms with Crippen LogP contribution in [-0.4, -0.2) is 45.1 Å². The molecule has 0 amide bonds. The third kappa shape index (κ3) is 4.59. The second-order valence-corrected chi connectivity index (χ2v) is 9.45. The quantitative estimate of drug-likeness (QED) is 0.637. The van der Waals surface area contributed by atoms with Gasteiger partial charge < -0.3 is 4.90 Å². The molecule has 0 aliphatic carbocycles. The normalized spacial score (nSPS) is 15.7. The molecule has 0 N–H and O–H groups in total. The summed E-state index contributed by atoms with van der Waals surface area (Å²) in [6, 6.07) is 9.52. The van der Waals surface area contributed by atoms with Crippen molar-refractivity contribution >= 4 is 38.9 Å². The van der Waals surface area contributed by atoms with Gasteiger partial charge in [0.15, 0.2) is 0 Å². The zero-order valence-corrected chi connectivity index (χ0v) is 17.6. The molecule has 0 saturated carbocycles. The molecule has 1 fully saturated rings. The first-order chi connectivity index (χ1) is 13.1. The van der Waals surface area contributed by atoms with Crippen molar-refractivity contribution in [1.82, 2.24) is 4.31 Å². The Morgan fingerprint density at radius 1 is 1.15 bits per heavy atom. The van der Waals surface area contributed by atoms with Gasteiger partial charge in [-0.1, -0.05) is 19.9 Å². The Labute approximate surface area is 166 Å². The number of thiophene rings is 1. The smallest absolute Gasteiger partial charge is 0.245 e. The van der Waals surface area contributed by atoms with E-state index in [9.17, 15) is 8.42 Å². The average Bonchev–Trinajstić information content (AvgIpc) is 3.21. The minimum Gasteiger partial charge on any atom is -0.370 e. The molecular formula is C20H27N3O2S2. The molecule has 0 radical (unpaired) electrons. The molecule has 1 aliphatic heterocycles. The number of aliphatic imine (C=N–C) groups is 1.